The molecule has 13 heteroatoms. The molecule has 0 bridgehead atoms. The highest BCUT2D eigenvalue weighted by Crippen LogP contribution is 2.37. The predicted molar refractivity (Wildman–Crippen MR) is 164 cm³/mol. The molecule has 1 unspecified atom stereocenters. The van der Waals surface area contributed by atoms with Gasteiger partial charge in [-0.2, -0.15) is 15.1 Å². The van der Waals surface area contributed by atoms with E-state index in [0.29, 0.717) is 39.3 Å². The van der Waals surface area contributed by atoms with Crippen molar-refractivity contribution in [2.45, 2.75) is 45.2 Å². The van der Waals surface area contributed by atoms with E-state index in [0.717, 1.165) is 46.6 Å². The predicted octanol–water partition coefficient (Wildman–Crippen LogP) is 3.10. The molecule has 3 aliphatic rings. The molecule has 0 saturated carbocycles. The van der Waals surface area contributed by atoms with E-state index in [9.17, 15) is 13.6 Å². The number of nitrogens with zero attached hydrogens (tertiary/aromatic N) is 7. The van der Waals surface area contributed by atoms with Crippen LogP contribution in [0.25, 0.3) is 10.9 Å². The van der Waals surface area contributed by atoms with E-state index in [2.05, 4.69) is 39.9 Å². The highest BCUT2D eigenvalue weighted by molar-refractivity contribution is 5.94. The molecule has 2 saturated heterocycles. The fraction of sp³-hybridized carbons (Fsp3) is 0.548. The van der Waals surface area contributed by atoms with Crippen molar-refractivity contribution >= 4 is 28.3 Å². The summed E-state index contributed by atoms with van der Waals surface area (Å²) in [5, 5.41) is 8.45. The number of rotatable bonds is 8. The molecule has 2 aromatic heterocycles. The molecule has 3 aromatic rings. The number of aromatic nitrogens is 4. The molecule has 1 amide bonds. The number of hydrogen-bond donors (Lipinski definition) is 1. The summed E-state index contributed by atoms with van der Waals surface area (Å²) < 4.78 is 39.2. The first-order valence-electron chi connectivity index (χ1n) is 15.1. The molecule has 11 nitrogen and oxygen atoms in total. The Morgan fingerprint density at radius 1 is 1.16 bits per heavy atom. The second kappa shape index (κ2) is 12.3. The second-order valence-corrected chi connectivity index (χ2v) is 12.0. The highest BCUT2D eigenvalue weighted by atomic mass is 19.3. The highest BCUT2D eigenvalue weighted by Gasteiger charge is 2.43. The van der Waals surface area contributed by atoms with Crippen LogP contribution in [0.1, 0.15) is 28.8 Å². The second-order valence-electron chi connectivity index (χ2n) is 12.0. The summed E-state index contributed by atoms with van der Waals surface area (Å²) in [6, 6.07) is 1.89. The summed E-state index contributed by atoms with van der Waals surface area (Å²) in [7, 11) is 3.28. The van der Waals surface area contributed by atoms with E-state index in [1.807, 2.05) is 11.1 Å². The number of benzene rings is 1. The Morgan fingerprint density at radius 3 is 2.68 bits per heavy atom. The molecule has 0 aliphatic carbocycles. The molecular formula is C31H40F2N8O3. The SMILES string of the molecule is COC/C=C/C(=O)N1CCN(c2nc(OCC3CC(F)(F)CN3C)nc3c2CCN(c2c(C)c(C)cc4[nH]ncc24)C3)CC1. The summed E-state index contributed by atoms with van der Waals surface area (Å²) in [6.45, 7) is 8.08. The van der Waals surface area contributed by atoms with Crippen LogP contribution in [-0.4, -0.2) is 114 Å². The number of aryl methyl sites for hydroxylation is 1. The Kier molecular flexibility index (Phi) is 8.42. The fourth-order valence-corrected chi connectivity index (χ4v) is 6.53. The third kappa shape index (κ3) is 6.07. The number of hydrogen-bond acceptors (Lipinski definition) is 9. The monoisotopic (exact) mass is 610 g/mol. The zero-order valence-corrected chi connectivity index (χ0v) is 25.8. The smallest absolute Gasteiger partial charge is 0.318 e. The van der Waals surface area contributed by atoms with Crippen LogP contribution in [0.5, 0.6) is 6.01 Å². The molecule has 0 spiro atoms. The summed E-state index contributed by atoms with van der Waals surface area (Å²) in [5.74, 6) is -1.97. The third-order valence-corrected chi connectivity index (χ3v) is 9.03. The van der Waals surface area contributed by atoms with E-state index in [-0.39, 0.29) is 31.5 Å². The van der Waals surface area contributed by atoms with E-state index < -0.39 is 12.0 Å². The molecule has 3 aliphatic heterocycles. The number of piperazine rings is 1. The number of carbonyl (C=O) groups excluding carboxylic acids is 1. The summed E-state index contributed by atoms with van der Waals surface area (Å²) in [6.07, 6.45) is 5.62. The van der Waals surface area contributed by atoms with Gasteiger partial charge in [0.05, 0.1) is 42.8 Å². The molecule has 6 rings (SSSR count). The lowest BCUT2D eigenvalue weighted by molar-refractivity contribution is -0.126. The molecular weight excluding hydrogens is 570 g/mol. The number of amides is 1. The van der Waals surface area contributed by atoms with Gasteiger partial charge in [0.25, 0.3) is 5.92 Å². The van der Waals surface area contributed by atoms with E-state index in [4.69, 9.17) is 19.4 Å². The lowest BCUT2D eigenvalue weighted by Gasteiger charge is -2.38. The van der Waals surface area contributed by atoms with Gasteiger partial charge in [0, 0.05) is 69.3 Å². The van der Waals surface area contributed by atoms with Crippen LogP contribution in [-0.2, 0) is 22.5 Å². The molecule has 1 aromatic carbocycles. The largest absolute Gasteiger partial charge is 0.462 e. The number of ether oxygens (including phenoxy) is 2. The lowest BCUT2D eigenvalue weighted by atomic mass is 9.99. The quantitative estimate of drug-likeness (QED) is 0.386. The first kappa shape index (κ1) is 30.2. The van der Waals surface area contributed by atoms with Crippen LogP contribution in [0.2, 0.25) is 0 Å². The van der Waals surface area contributed by atoms with Gasteiger partial charge < -0.3 is 24.2 Å². The molecule has 0 radical (unpaired) electrons. The number of carbonyl (C=O) groups is 1. The van der Waals surface area contributed by atoms with Crippen molar-refractivity contribution in [2.75, 3.05) is 76.4 Å². The van der Waals surface area contributed by atoms with Gasteiger partial charge in [0.15, 0.2) is 0 Å². The summed E-state index contributed by atoms with van der Waals surface area (Å²) in [4.78, 5) is 30.3. The van der Waals surface area contributed by atoms with Gasteiger partial charge in [0.1, 0.15) is 12.4 Å². The molecule has 1 N–H and O–H groups in total. The Hall–Kier alpha value is -3.84. The van der Waals surface area contributed by atoms with Gasteiger partial charge in [-0.05, 0) is 44.5 Å². The van der Waals surface area contributed by atoms with Crippen molar-refractivity contribution in [3.63, 3.8) is 0 Å². The first-order valence-corrected chi connectivity index (χ1v) is 15.1. The number of nitrogens with one attached hydrogen (secondary N) is 1. The van der Waals surface area contributed by atoms with E-state index in [1.165, 1.54) is 11.1 Å². The van der Waals surface area contributed by atoms with E-state index >= 15 is 0 Å². The summed E-state index contributed by atoms with van der Waals surface area (Å²) in [5.41, 5.74) is 6.41. The minimum Gasteiger partial charge on any atom is -0.462 e. The van der Waals surface area contributed by atoms with Crippen molar-refractivity contribution in [3.8, 4) is 6.01 Å². The Balaban J connectivity index is 1.27. The van der Waals surface area contributed by atoms with Crippen LogP contribution in [0.4, 0.5) is 20.3 Å². The fourth-order valence-electron chi connectivity index (χ4n) is 6.53. The average Bonchev–Trinajstić information content (AvgIpc) is 3.57. The minimum atomic E-state index is -2.73. The van der Waals surface area contributed by atoms with Crippen molar-refractivity contribution in [3.05, 3.63) is 46.8 Å². The lowest BCUT2D eigenvalue weighted by Crippen LogP contribution is -2.49. The molecule has 2 fully saturated rings. The van der Waals surface area contributed by atoms with Gasteiger partial charge in [-0.15, -0.1) is 0 Å². The van der Waals surface area contributed by atoms with Gasteiger partial charge in [-0.1, -0.05) is 6.08 Å². The maximum absolute atomic E-state index is 14.0. The Morgan fingerprint density at radius 2 is 1.95 bits per heavy atom. The summed E-state index contributed by atoms with van der Waals surface area (Å²) >= 11 is 0. The van der Waals surface area contributed by atoms with Crippen LogP contribution < -0.4 is 14.5 Å². The van der Waals surface area contributed by atoms with Crippen molar-refractivity contribution in [1.29, 1.82) is 0 Å². The number of likely N-dealkylation sites (tertiary alicyclic amines) is 1. The number of methoxy groups -OCH3 is 1. The minimum absolute atomic E-state index is 0.0392. The Labute approximate surface area is 255 Å². The van der Waals surface area contributed by atoms with Crippen LogP contribution >= 0.6 is 0 Å². The van der Waals surface area contributed by atoms with E-state index in [1.54, 1.807) is 31.2 Å². The van der Waals surface area contributed by atoms with Crippen LogP contribution in [0.15, 0.2) is 24.4 Å². The molecule has 236 valence electrons. The number of fused-ring (bicyclic) bond motifs is 2. The normalized spacial score (nSPS) is 20.6. The molecule has 5 heterocycles. The van der Waals surface area contributed by atoms with Crippen molar-refractivity contribution < 1.29 is 23.0 Å². The number of aromatic amines is 1. The van der Waals surface area contributed by atoms with Crippen molar-refractivity contribution in [2.24, 2.45) is 0 Å². The van der Waals surface area contributed by atoms with Gasteiger partial charge in [-0.3, -0.25) is 14.8 Å². The number of anilines is 2. The number of H-pyrrole nitrogens is 1. The van der Waals surface area contributed by atoms with Gasteiger partial charge in [0.2, 0.25) is 5.91 Å². The maximum atomic E-state index is 14.0. The molecule has 1 atom stereocenters. The third-order valence-electron chi connectivity index (χ3n) is 9.03. The number of likely N-dealkylation sites (N-methyl/N-ethyl adjacent to an activating group) is 1. The number of alkyl halides is 2. The standard InChI is InChI=1S/C31H40F2N8O3/c1-20-14-25-24(16-34-37-25)28(21(20)2)41-8-7-23-26(17-41)35-30(44-18-22-15-31(32,33)19-38(22)3)36-29(23)40-11-9-39(10-12-40)27(42)6-5-13-43-4/h5-6,14,16,22H,7-13,15,17-19H2,1-4H3,(H,34,37)/b6-5+. The number of halogens is 2. The van der Waals surface area contributed by atoms with Crippen LogP contribution in [0, 0.1) is 13.8 Å². The zero-order valence-electron chi connectivity index (χ0n) is 25.8. The van der Waals surface area contributed by atoms with Crippen LogP contribution in [0.3, 0.4) is 0 Å². The first-order chi connectivity index (χ1) is 21.1. The average molecular weight is 611 g/mol. The van der Waals surface area contributed by atoms with Gasteiger partial charge in [-0.25, -0.2) is 8.78 Å². The zero-order chi connectivity index (χ0) is 31.0. The van der Waals surface area contributed by atoms with Crippen molar-refractivity contribution in [1.82, 2.24) is 30.0 Å². The Bertz CT molecular complexity index is 1550. The topological polar surface area (TPSA) is 103 Å². The maximum Gasteiger partial charge on any atom is 0.318 e. The van der Waals surface area contributed by atoms with Gasteiger partial charge >= 0.3 is 6.01 Å². The molecule has 44 heavy (non-hydrogen) atoms.